The summed E-state index contributed by atoms with van der Waals surface area (Å²) in [4.78, 5) is 10.4. The Morgan fingerprint density at radius 2 is 2.20 bits per heavy atom. The molecule has 0 aliphatic carbocycles. The second kappa shape index (κ2) is 6.18. The van der Waals surface area contributed by atoms with E-state index in [4.69, 9.17) is 0 Å². The first-order valence-electron chi connectivity index (χ1n) is 6.43. The maximum atomic E-state index is 13.2. The summed E-state index contributed by atoms with van der Waals surface area (Å²) in [5.74, 6) is -0.498. The van der Waals surface area contributed by atoms with E-state index in [1.807, 2.05) is 18.3 Å². The van der Waals surface area contributed by atoms with Gasteiger partial charge in [-0.2, -0.15) is 0 Å². The van der Waals surface area contributed by atoms with Gasteiger partial charge in [0.2, 0.25) is 0 Å². The topological polar surface area (TPSA) is 60.1 Å². The molecule has 106 valence electrons. The molecule has 5 nitrogen and oxygen atoms in total. The van der Waals surface area contributed by atoms with Crippen LogP contribution in [-0.2, 0) is 13.1 Å². The van der Waals surface area contributed by atoms with E-state index in [1.54, 1.807) is 0 Å². The molecule has 0 atom stereocenters. The fraction of sp³-hybridized carbons (Fsp3) is 0.286. The number of nitro benzene ring substituents is 1. The van der Waals surface area contributed by atoms with Gasteiger partial charge in [-0.25, -0.2) is 4.39 Å². The highest BCUT2D eigenvalue weighted by molar-refractivity contribution is 5.61. The van der Waals surface area contributed by atoms with Gasteiger partial charge in [0, 0.05) is 30.6 Å². The molecule has 0 saturated carbocycles. The highest BCUT2D eigenvalue weighted by atomic mass is 19.1. The Morgan fingerprint density at radius 1 is 1.40 bits per heavy atom. The van der Waals surface area contributed by atoms with Crippen LogP contribution in [0.5, 0.6) is 0 Å². The Kier molecular flexibility index (Phi) is 4.34. The molecular weight excluding hydrogens is 261 g/mol. The highest BCUT2D eigenvalue weighted by Crippen LogP contribution is 2.25. The van der Waals surface area contributed by atoms with E-state index in [0.29, 0.717) is 6.54 Å². The van der Waals surface area contributed by atoms with Crippen molar-refractivity contribution in [1.82, 2.24) is 4.57 Å². The lowest BCUT2D eigenvalue weighted by Crippen LogP contribution is -2.08. The highest BCUT2D eigenvalue weighted by Gasteiger charge is 2.14. The molecule has 0 aliphatic rings. The van der Waals surface area contributed by atoms with Crippen molar-refractivity contribution in [3.05, 3.63) is 58.2 Å². The lowest BCUT2D eigenvalue weighted by Gasteiger charge is -2.10. The van der Waals surface area contributed by atoms with Gasteiger partial charge in [-0.05, 0) is 24.6 Å². The molecule has 0 aliphatic heterocycles. The molecule has 1 aromatic heterocycles. The quantitative estimate of drug-likeness (QED) is 0.648. The van der Waals surface area contributed by atoms with Crippen LogP contribution in [0.3, 0.4) is 0 Å². The van der Waals surface area contributed by atoms with E-state index in [-0.39, 0.29) is 11.4 Å². The average Bonchev–Trinajstić information content (AvgIpc) is 2.84. The monoisotopic (exact) mass is 277 g/mol. The molecule has 2 rings (SSSR count). The lowest BCUT2D eigenvalue weighted by molar-refractivity contribution is -0.384. The van der Waals surface area contributed by atoms with Crippen LogP contribution >= 0.6 is 0 Å². The van der Waals surface area contributed by atoms with Crippen molar-refractivity contribution in [3.63, 3.8) is 0 Å². The minimum atomic E-state index is -0.521. The Labute approximate surface area is 116 Å². The third kappa shape index (κ3) is 3.14. The third-order valence-corrected chi connectivity index (χ3v) is 3.00. The lowest BCUT2D eigenvalue weighted by atomic mass is 10.2. The van der Waals surface area contributed by atoms with E-state index in [0.717, 1.165) is 30.8 Å². The van der Waals surface area contributed by atoms with Crippen LogP contribution in [0.25, 0.3) is 0 Å². The van der Waals surface area contributed by atoms with Gasteiger partial charge in [0.1, 0.15) is 11.5 Å². The van der Waals surface area contributed by atoms with Crippen molar-refractivity contribution in [2.24, 2.45) is 0 Å². The molecule has 0 spiro atoms. The first-order chi connectivity index (χ1) is 9.61. The summed E-state index contributed by atoms with van der Waals surface area (Å²) in [6.45, 7) is 3.38. The number of hydrogen-bond donors (Lipinski definition) is 1. The molecule has 20 heavy (non-hydrogen) atoms. The summed E-state index contributed by atoms with van der Waals surface area (Å²) in [5.41, 5.74) is 1.07. The standard InChI is InChI=1S/C14H16FN3O2/c1-2-7-17-8-3-4-12(17)10-16-13-9-11(15)5-6-14(13)18(19)20/h3-6,8-9,16H,2,7,10H2,1H3. The van der Waals surface area contributed by atoms with E-state index in [9.17, 15) is 14.5 Å². The summed E-state index contributed by atoms with van der Waals surface area (Å²) < 4.78 is 15.3. The van der Waals surface area contributed by atoms with Crippen molar-refractivity contribution < 1.29 is 9.31 Å². The number of nitrogens with zero attached hydrogens (tertiary/aromatic N) is 2. The molecule has 0 fully saturated rings. The van der Waals surface area contributed by atoms with Crippen molar-refractivity contribution >= 4 is 11.4 Å². The van der Waals surface area contributed by atoms with Gasteiger partial charge in [-0.15, -0.1) is 0 Å². The number of rotatable bonds is 6. The fourth-order valence-corrected chi connectivity index (χ4v) is 2.06. The van der Waals surface area contributed by atoms with Crippen molar-refractivity contribution in [2.75, 3.05) is 5.32 Å². The van der Waals surface area contributed by atoms with E-state index in [1.165, 1.54) is 6.07 Å². The third-order valence-electron chi connectivity index (χ3n) is 3.00. The molecule has 1 heterocycles. The van der Waals surface area contributed by atoms with Crippen molar-refractivity contribution in [2.45, 2.75) is 26.4 Å². The van der Waals surface area contributed by atoms with Gasteiger partial charge >= 0.3 is 0 Å². The fourth-order valence-electron chi connectivity index (χ4n) is 2.06. The maximum Gasteiger partial charge on any atom is 0.292 e. The number of halogens is 1. The van der Waals surface area contributed by atoms with Gasteiger partial charge in [0.05, 0.1) is 11.5 Å². The molecule has 0 bridgehead atoms. The normalized spacial score (nSPS) is 10.5. The van der Waals surface area contributed by atoms with Gasteiger partial charge in [-0.1, -0.05) is 6.92 Å². The van der Waals surface area contributed by atoms with E-state index < -0.39 is 10.7 Å². The molecule has 0 radical (unpaired) electrons. The summed E-state index contributed by atoms with van der Waals surface area (Å²) in [6.07, 6.45) is 2.96. The zero-order valence-corrected chi connectivity index (χ0v) is 11.2. The second-order valence-electron chi connectivity index (χ2n) is 4.47. The number of anilines is 1. The first kappa shape index (κ1) is 14.0. The number of aryl methyl sites for hydroxylation is 1. The van der Waals surface area contributed by atoms with Crippen LogP contribution in [0.2, 0.25) is 0 Å². The van der Waals surface area contributed by atoms with Gasteiger partial charge in [-0.3, -0.25) is 10.1 Å². The molecule has 0 unspecified atom stereocenters. The number of hydrogen-bond acceptors (Lipinski definition) is 3. The van der Waals surface area contributed by atoms with Crippen LogP contribution in [0.4, 0.5) is 15.8 Å². The maximum absolute atomic E-state index is 13.2. The van der Waals surface area contributed by atoms with E-state index >= 15 is 0 Å². The van der Waals surface area contributed by atoms with Gasteiger partial charge in [0.15, 0.2) is 0 Å². The predicted molar refractivity (Wildman–Crippen MR) is 75.1 cm³/mol. The number of nitrogens with one attached hydrogen (secondary N) is 1. The minimum absolute atomic E-state index is 0.125. The first-order valence-corrected chi connectivity index (χ1v) is 6.43. The second-order valence-corrected chi connectivity index (χ2v) is 4.47. The van der Waals surface area contributed by atoms with Gasteiger partial charge < -0.3 is 9.88 Å². The zero-order chi connectivity index (χ0) is 14.5. The van der Waals surface area contributed by atoms with Crippen LogP contribution in [0.15, 0.2) is 36.5 Å². The molecule has 1 N–H and O–H groups in total. The number of benzene rings is 1. The molecular formula is C14H16FN3O2. The summed E-state index contributed by atoms with van der Waals surface area (Å²) >= 11 is 0. The number of aromatic nitrogens is 1. The summed E-state index contributed by atoms with van der Waals surface area (Å²) in [6, 6.07) is 7.26. The molecule has 6 heteroatoms. The van der Waals surface area contributed by atoms with Crippen LogP contribution in [0.1, 0.15) is 19.0 Å². The van der Waals surface area contributed by atoms with Gasteiger partial charge in [0.25, 0.3) is 5.69 Å². The van der Waals surface area contributed by atoms with Crippen LogP contribution in [-0.4, -0.2) is 9.49 Å². The Bertz CT molecular complexity index is 610. The Morgan fingerprint density at radius 3 is 2.90 bits per heavy atom. The Hall–Kier alpha value is -2.37. The minimum Gasteiger partial charge on any atom is -0.374 e. The average molecular weight is 277 g/mol. The summed E-state index contributed by atoms with van der Waals surface area (Å²) in [5, 5.41) is 13.8. The molecule has 0 saturated heterocycles. The molecule has 0 amide bonds. The van der Waals surface area contributed by atoms with Crippen molar-refractivity contribution in [1.29, 1.82) is 0 Å². The number of nitro groups is 1. The molecule has 1 aromatic carbocycles. The van der Waals surface area contributed by atoms with Crippen LogP contribution in [0, 0.1) is 15.9 Å². The Balaban J connectivity index is 2.16. The van der Waals surface area contributed by atoms with Crippen molar-refractivity contribution in [3.8, 4) is 0 Å². The van der Waals surface area contributed by atoms with E-state index in [2.05, 4.69) is 16.8 Å². The zero-order valence-electron chi connectivity index (χ0n) is 11.2. The smallest absolute Gasteiger partial charge is 0.292 e. The largest absolute Gasteiger partial charge is 0.374 e. The predicted octanol–water partition coefficient (Wildman–Crippen LogP) is 3.56. The SMILES string of the molecule is CCCn1cccc1CNc1cc(F)ccc1[N+](=O)[O-]. The van der Waals surface area contributed by atoms with Crippen LogP contribution < -0.4 is 5.32 Å². The molecule has 2 aromatic rings. The summed E-state index contributed by atoms with van der Waals surface area (Å²) in [7, 11) is 0.